The second-order valence-corrected chi connectivity index (χ2v) is 8.89. The lowest BCUT2D eigenvalue weighted by Gasteiger charge is -2.36. The summed E-state index contributed by atoms with van der Waals surface area (Å²) in [5, 5.41) is 3.01. The molecular formula is C22H29N3OS. The minimum Gasteiger partial charge on any atom is -0.290 e. The van der Waals surface area contributed by atoms with E-state index in [2.05, 4.69) is 47.5 Å². The first-order chi connectivity index (χ1) is 13.1. The van der Waals surface area contributed by atoms with Crippen LogP contribution in [0.25, 0.3) is 0 Å². The van der Waals surface area contributed by atoms with Gasteiger partial charge in [-0.1, -0.05) is 36.8 Å². The molecule has 0 saturated heterocycles. The van der Waals surface area contributed by atoms with Crippen LogP contribution in [0.1, 0.15) is 63.3 Å². The third-order valence-electron chi connectivity index (χ3n) is 5.91. The van der Waals surface area contributed by atoms with Gasteiger partial charge in [-0.15, -0.1) is 11.3 Å². The van der Waals surface area contributed by atoms with Gasteiger partial charge in [0.2, 0.25) is 5.91 Å². The van der Waals surface area contributed by atoms with Gasteiger partial charge in [0, 0.05) is 37.5 Å². The van der Waals surface area contributed by atoms with E-state index in [0.29, 0.717) is 12.1 Å². The van der Waals surface area contributed by atoms with Gasteiger partial charge in [-0.3, -0.25) is 14.6 Å². The molecule has 2 fully saturated rings. The highest BCUT2D eigenvalue weighted by Crippen LogP contribution is 2.35. The number of carbonyl (C=O) groups excluding carboxylic acids is 1. The molecule has 2 aromatic rings. The maximum absolute atomic E-state index is 12.0. The van der Waals surface area contributed by atoms with Gasteiger partial charge in [0.05, 0.1) is 5.69 Å². The molecule has 0 N–H and O–H groups in total. The highest BCUT2D eigenvalue weighted by molar-refractivity contribution is 7.14. The zero-order valence-corrected chi connectivity index (χ0v) is 17.1. The van der Waals surface area contributed by atoms with Crippen LogP contribution < -0.4 is 4.90 Å². The maximum atomic E-state index is 12.0. The van der Waals surface area contributed by atoms with Crippen LogP contribution in [-0.2, 0) is 11.3 Å². The standard InChI is InChI=1S/C22H29N3OS/c1-16(19-9-4-3-5-10-19)24(13-18-7-6-8-18)14-20-15-27-22(23-20)25(17(2)26)21-11-12-21/h3-5,9-10,15-16,18,21H,6-8,11-14H2,1-2H3. The minimum atomic E-state index is 0.113. The number of anilines is 1. The highest BCUT2D eigenvalue weighted by atomic mass is 32.1. The average molecular weight is 384 g/mol. The number of rotatable bonds is 8. The van der Waals surface area contributed by atoms with E-state index in [4.69, 9.17) is 4.98 Å². The first-order valence-electron chi connectivity index (χ1n) is 10.1. The molecule has 1 aromatic heterocycles. The molecule has 144 valence electrons. The Morgan fingerprint density at radius 3 is 2.56 bits per heavy atom. The smallest absolute Gasteiger partial charge is 0.225 e. The molecule has 1 unspecified atom stereocenters. The van der Waals surface area contributed by atoms with E-state index in [1.165, 1.54) is 24.8 Å². The first kappa shape index (κ1) is 18.6. The number of thiazole rings is 1. The number of hydrogen-bond acceptors (Lipinski definition) is 4. The van der Waals surface area contributed by atoms with Crippen LogP contribution in [0.2, 0.25) is 0 Å². The SMILES string of the molecule is CC(=O)N(c1nc(CN(CC2CCC2)C(C)c2ccccc2)cs1)C1CC1. The van der Waals surface area contributed by atoms with E-state index in [0.717, 1.165) is 42.7 Å². The van der Waals surface area contributed by atoms with Crippen molar-refractivity contribution >= 4 is 22.4 Å². The Kier molecular flexibility index (Phi) is 5.60. The predicted molar refractivity (Wildman–Crippen MR) is 111 cm³/mol. The molecule has 0 radical (unpaired) electrons. The van der Waals surface area contributed by atoms with Gasteiger partial charge in [-0.25, -0.2) is 4.98 Å². The van der Waals surface area contributed by atoms with E-state index in [1.807, 2.05) is 4.90 Å². The topological polar surface area (TPSA) is 36.4 Å². The molecule has 5 heteroatoms. The van der Waals surface area contributed by atoms with E-state index in [1.54, 1.807) is 18.3 Å². The van der Waals surface area contributed by atoms with Crippen molar-refractivity contribution in [3.05, 3.63) is 47.0 Å². The van der Waals surface area contributed by atoms with Gasteiger partial charge in [0.15, 0.2) is 5.13 Å². The average Bonchev–Trinajstić information content (AvgIpc) is 3.35. The molecule has 1 atom stereocenters. The number of nitrogens with zero attached hydrogens (tertiary/aromatic N) is 3. The molecule has 4 rings (SSSR count). The zero-order valence-electron chi connectivity index (χ0n) is 16.3. The van der Waals surface area contributed by atoms with E-state index in [9.17, 15) is 4.79 Å². The molecular weight excluding hydrogens is 354 g/mol. The van der Waals surface area contributed by atoms with E-state index in [-0.39, 0.29) is 5.91 Å². The normalized spacial score (nSPS) is 18.3. The number of hydrogen-bond donors (Lipinski definition) is 0. The molecule has 2 aliphatic rings. The summed E-state index contributed by atoms with van der Waals surface area (Å²) in [6.07, 6.45) is 6.27. The molecule has 2 saturated carbocycles. The van der Waals surface area contributed by atoms with Crippen molar-refractivity contribution < 1.29 is 4.79 Å². The fourth-order valence-electron chi connectivity index (χ4n) is 3.88. The maximum Gasteiger partial charge on any atom is 0.225 e. The molecule has 2 aliphatic carbocycles. The Bertz CT molecular complexity index is 767. The summed E-state index contributed by atoms with van der Waals surface area (Å²) in [6, 6.07) is 11.5. The van der Waals surface area contributed by atoms with Crippen LogP contribution in [0.15, 0.2) is 35.7 Å². The second-order valence-electron chi connectivity index (χ2n) is 8.05. The fraction of sp³-hybridized carbons (Fsp3) is 0.545. The van der Waals surface area contributed by atoms with E-state index >= 15 is 0 Å². The predicted octanol–water partition coefficient (Wildman–Crippen LogP) is 5.02. The first-order valence-corrected chi connectivity index (χ1v) is 11.0. The summed E-state index contributed by atoms with van der Waals surface area (Å²) in [6.45, 7) is 5.93. The lowest BCUT2D eigenvalue weighted by Crippen LogP contribution is -2.34. The summed E-state index contributed by atoms with van der Waals surface area (Å²) in [4.78, 5) is 21.3. The monoisotopic (exact) mass is 383 g/mol. The van der Waals surface area contributed by atoms with Crippen LogP contribution in [0, 0.1) is 5.92 Å². The lowest BCUT2D eigenvalue weighted by atomic mass is 9.84. The van der Waals surface area contributed by atoms with Crippen LogP contribution in [0.5, 0.6) is 0 Å². The molecule has 0 spiro atoms. The zero-order chi connectivity index (χ0) is 18.8. The van der Waals surface area contributed by atoms with Crippen molar-refractivity contribution in [3.63, 3.8) is 0 Å². The summed E-state index contributed by atoms with van der Waals surface area (Å²) >= 11 is 1.61. The minimum absolute atomic E-state index is 0.113. The lowest BCUT2D eigenvalue weighted by molar-refractivity contribution is -0.116. The molecule has 0 bridgehead atoms. The van der Waals surface area contributed by atoms with Crippen molar-refractivity contribution in [2.24, 2.45) is 5.92 Å². The fourth-order valence-corrected chi connectivity index (χ4v) is 4.81. The Hall–Kier alpha value is -1.72. The molecule has 1 aromatic carbocycles. The van der Waals surface area contributed by atoms with Gasteiger partial charge in [-0.05, 0) is 44.1 Å². The third-order valence-corrected chi connectivity index (χ3v) is 6.80. The number of aromatic nitrogens is 1. The molecule has 1 heterocycles. The molecule has 27 heavy (non-hydrogen) atoms. The van der Waals surface area contributed by atoms with Crippen molar-refractivity contribution in [3.8, 4) is 0 Å². The van der Waals surface area contributed by atoms with Crippen molar-refractivity contribution in [2.75, 3.05) is 11.4 Å². The Balaban J connectivity index is 1.50. The van der Waals surface area contributed by atoms with Crippen molar-refractivity contribution in [1.82, 2.24) is 9.88 Å². The number of carbonyl (C=O) groups is 1. The van der Waals surface area contributed by atoms with Crippen LogP contribution >= 0.6 is 11.3 Å². The summed E-state index contributed by atoms with van der Waals surface area (Å²) in [5.41, 5.74) is 2.44. The highest BCUT2D eigenvalue weighted by Gasteiger charge is 2.34. The Morgan fingerprint density at radius 2 is 1.96 bits per heavy atom. The van der Waals surface area contributed by atoms with Crippen LogP contribution in [0.4, 0.5) is 5.13 Å². The summed E-state index contributed by atoms with van der Waals surface area (Å²) in [7, 11) is 0. The van der Waals surface area contributed by atoms with Crippen LogP contribution in [-0.4, -0.2) is 28.4 Å². The largest absolute Gasteiger partial charge is 0.290 e. The van der Waals surface area contributed by atoms with Gasteiger partial charge >= 0.3 is 0 Å². The summed E-state index contributed by atoms with van der Waals surface area (Å²) < 4.78 is 0. The van der Waals surface area contributed by atoms with Gasteiger partial charge in [0.1, 0.15) is 0 Å². The van der Waals surface area contributed by atoms with Crippen LogP contribution in [0.3, 0.4) is 0 Å². The third kappa shape index (κ3) is 4.41. The molecule has 4 nitrogen and oxygen atoms in total. The quantitative estimate of drug-likeness (QED) is 0.642. The molecule has 1 amide bonds. The van der Waals surface area contributed by atoms with Crippen molar-refractivity contribution in [1.29, 1.82) is 0 Å². The Morgan fingerprint density at radius 1 is 1.22 bits per heavy atom. The molecule has 0 aliphatic heterocycles. The second kappa shape index (κ2) is 8.11. The van der Waals surface area contributed by atoms with E-state index < -0.39 is 0 Å². The van der Waals surface area contributed by atoms with Crippen molar-refractivity contribution in [2.45, 2.75) is 64.6 Å². The Labute approximate surface area is 166 Å². The van der Waals surface area contributed by atoms with Gasteiger partial charge in [0.25, 0.3) is 0 Å². The van der Waals surface area contributed by atoms with Gasteiger partial charge < -0.3 is 0 Å². The van der Waals surface area contributed by atoms with Gasteiger partial charge in [-0.2, -0.15) is 0 Å². The number of benzene rings is 1. The number of amides is 1. The summed E-state index contributed by atoms with van der Waals surface area (Å²) in [5.74, 6) is 0.928.